The van der Waals surface area contributed by atoms with Gasteiger partial charge in [-0.15, -0.1) is 0 Å². The maximum absolute atomic E-state index is 11.2. The summed E-state index contributed by atoms with van der Waals surface area (Å²) in [4.78, 5) is 17.4. The standard InChI is InChI=1S/C14H16N2O3/c1-8-6-9(2)12-10(7-8)15-14(19-12)16-5-3-4-11(16)13(17)18/h6-7,11H,3-5H2,1-2H3,(H,17,18)/t11-/m1/s1. The van der Waals surface area contributed by atoms with Gasteiger partial charge in [-0.3, -0.25) is 0 Å². The van der Waals surface area contributed by atoms with Gasteiger partial charge < -0.3 is 14.4 Å². The first-order valence-electron chi connectivity index (χ1n) is 6.43. The Morgan fingerprint density at radius 2 is 2.26 bits per heavy atom. The fourth-order valence-electron chi connectivity index (χ4n) is 2.74. The van der Waals surface area contributed by atoms with Crippen LogP contribution in [0, 0.1) is 13.8 Å². The minimum atomic E-state index is -0.812. The van der Waals surface area contributed by atoms with Crippen molar-refractivity contribution in [3.05, 3.63) is 23.3 Å². The molecule has 2 aromatic rings. The highest BCUT2D eigenvalue weighted by Gasteiger charge is 2.33. The summed E-state index contributed by atoms with van der Waals surface area (Å²) >= 11 is 0. The van der Waals surface area contributed by atoms with Gasteiger partial charge in [-0.1, -0.05) is 6.07 Å². The number of benzene rings is 1. The van der Waals surface area contributed by atoms with Crippen molar-refractivity contribution in [2.75, 3.05) is 11.4 Å². The van der Waals surface area contributed by atoms with Crippen LogP contribution in [0.1, 0.15) is 24.0 Å². The van der Waals surface area contributed by atoms with Crippen LogP contribution in [0.25, 0.3) is 11.1 Å². The van der Waals surface area contributed by atoms with Gasteiger partial charge in [-0.2, -0.15) is 4.98 Å². The number of aromatic nitrogens is 1. The smallest absolute Gasteiger partial charge is 0.326 e. The zero-order chi connectivity index (χ0) is 13.6. The molecule has 1 aliphatic heterocycles. The number of carboxylic acids is 1. The monoisotopic (exact) mass is 260 g/mol. The first-order chi connectivity index (χ1) is 9.06. The Bertz CT molecular complexity index is 647. The molecule has 1 aromatic heterocycles. The van der Waals surface area contributed by atoms with Gasteiger partial charge in [0, 0.05) is 6.54 Å². The molecular formula is C14H16N2O3. The summed E-state index contributed by atoms with van der Waals surface area (Å²) in [6.07, 6.45) is 1.50. The second kappa shape index (κ2) is 4.26. The van der Waals surface area contributed by atoms with Crippen LogP contribution < -0.4 is 4.90 Å². The maximum atomic E-state index is 11.2. The SMILES string of the molecule is Cc1cc(C)c2oc(N3CCC[C@@H]3C(=O)O)nc2c1. The molecule has 3 rings (SSSR count). The number of aryl methyl sites for hydroxylation is 2. The predicted molar refractivity (Wildman–Crippen MR) is 71.5 cm³/mol. The van der Waals surface area contributed by atoms with Crippen LogP contribution in [0.3, 0.4) is 0 Å². The first kappa shape index (κ1) is 12.0. The molecule has 1 N–H and O–H groups in total. The van der Waals surface area contributed by atoms with Crippen molar-refractivity contribution in [1.82, 2.24) is 4.98 Å². The molecule has 1 saturated heterocycles. The topological polar surface area (TPSA) is 66.6 Å². The zero-order valence-electron chi connectivity index (χ0n) is 11.0. The Balaban J connectivity index is 2.06. The van der Waals surface area contributed by atoms with E-state index < -0.39 is 12.0 Å². The summed E-state index contributed by atoms with van der Waals surface area (Å²) in [6, 6.07) is 3.90. The lowest BCUT2D eigenvalue weighted by atomic mass is 10.1. The average molecular weight is 260 g/mol. The van der Waals surface area contributed by atoms with E-state index in [0.29, 0.717) is 19.0 Å². The van der Waals surface area contributed by atoms with Crippen molar-refractivity contribution in [3.63, 3.8) is 0 Å². The molecule has 0 bridgehead atoms. The fourth-order valence-corrected chi connectivity index (χ4v) is 2.74. The van der Waals surface area contributed by atoms with Crippen molar-refractivity contribution in [2.45, 2.75) is 32.7 Å². The number of rotatable bonds is 2. The van der Waals surface area contributed by atoms with Gasteiger partial charge >= 0.3 is 5.97 Å². The van der Waals surface area contributed by atoms with Crippen molar-refractivity contribution in [3.8, 4) is 0 Å². The molecule has 0 aliphatic carbocycles. The number of fused-ring (bicyclic) bond motifs is 1. The Labute approximate surface area is 110 Å². The molecule has 0 spiro atoms. The third-order valence-electron chi connectivity index (χ3n) is 3.59. The number of aliphatic carboxylic acids is 1. The number of carbonyl (C=O) groups is 1. The van der Waals surface area contributed by atoms with Gasteiger partial charge in [0.2, 0.25) is 0 Å². The molecule has 0 amide bonds. The molecule has 100 valence electrons. The Morgan fingerprint density at radius 1 is 1.47 bits per heavy atom. The van der Waals surface area contributed by atoms with Gasteiger partial charge in [0.1, 0.15) is 11.6 Å². The van der Waals surface area contributed by atoms with Crippen molar-refractivity contribution in [1.29, 1.82) is 0 Å². The Morgan fingerprint density at radius 3 is 3.00 bits per heavy atom. The summed E-state index contributed by atoms with van der Waals surface area (Å²) in [6.45, 7) is 4.67. The van der Waals surface area contributed by atoms with E-state index in [9.17, 15) is 9.90 Å². The molecular weight excluding hydrogens is 244 g/mol. The highest BCUT2D eigenvalue weighted by atomic mass is 16.4. The minimum Gasteiger partial charge on any atom is -0.480 e. The molecule has 1 atom stereocenters. The second-order valence-electron chi connectivity index (χ2n) is 5.12. The molecule has 5 heteroatoms. The summed E-state index contributed by atoms with van der Waals surface area (Å²) in [7, 11) is 0. The van der Waals surface area contributed by atoms with E-state index >= 15 is 0 Å². The molecule has 0 saturated carbocycles. The normalized spacial score (nSPS) is 19.3. The molecule has 5 nitrogen and oxygen atoms in total. The van der Waals surface area contributed by atoms with E-state index in [1.807, 2.05) is 26.0 Å². The quantitative estimate of drug-likeness (QED) is 0.898. The lowest BCUT2D eigenvalue weighted by molar-refractivity contribution is -0.138. The van der Waals surface area contributed by atoms with E-state index in [-0.39, 0.29) is 0 Å². The number of hydrogen-bond donors (Lipinski definition) is 1. The summed E-state index contributed by atoms with van der Waals surface area (Å²) in [5.41, 5.74) is 3.70. The molecule has 19 heavy (non-hydrogen) atoms. The third kappa shape index (κ3) is 1.95. The van der Waals surface area contributed by atoms with Crippen LogP contribution in [0.2, 0.25) is 0 Å². The summed E-state index contributed by atoms with van der Waals surface area (Å²) < 4.78 is 5.77. The molecule has 1 fully saturated rings. The Kier molecular flexibility index (Phi) is 2.69. The van der Waals surface area contributed by atoms with E-state index in [1.165, 1.54) is 0 Å². The first-order valence-corrected chi connectivity index (χ1v) is 6.43. The van der Waals surface area contributed by atoms with Crippen LogP contribution >= 0.6 is 0 Å². The largest absolute Gasteiger partial charge is 0.480 e. The van der Waals surface area contributed by atoms with Crippen LogP contribution in [-0.4, -0.2) is 28.6 Å². The van der Waals surface area contributed by atoms with Crippen molar-refractivity contribution in [2.24, 2.45) is 0 Å². The lowest BCUT2D eigenvalue weighted by Crippen LogP contribution is -2.36. The van der Waals surface area contributed by atoms with E-state index in [2.05, 4.69) is 4.98 Å². The minimum absolute atomic E-state index is 0.425. The van der Waals surface area contributed by atoms with Crippen LogP contribution in [-0.2, 0) is 4.79 Å². The summed E-state index contributed by atoms with van der Waals surface area (Å²) in [5.74, 6) is -0.812. The van der Waals surface area contributed by atoms with Gasteiger partial charge in [0.15, 0.2) is 5.58 Å². The lowest BCUT2D eigenvalue weighted by Gasteiger charge is -2.18. The average Bonchev–Trinajstić information content (AvgIpc) is 2.92. The van der Waals surface area contributed by atoms with Crippen LogP contribution in [0.4, 0.5) is 6.01 Å². The zero-order valence-corrected chi connectivity index (χ0v) is 11.0. The van der Waals surface area contributed by atoms with E-state index in [4.69, 9.17) is 4.42 Å². The fraction of sp³-hybridized carbons (Fsp3) is 0.429. The Hall–Kier alpha value is -2.04. The molecule has 1 aromatic carbocycles. The van der Waals surface area contributed by atoms with Gasteiger partial charge in [0.25, 0.3) is 6.01 Å². The molecule has 2 heterocycles. The number of hydrogen-bond acceptors (Lipinski definition) is 4. The summed E-state index contributed by atoms with van der Waals surface area (Å²) in [5, 5.41) is 9.21. The van der Waals surface area contributed by atoms with Gasteiger partial charge in [-0.05, 0) is 43.9 Å². The third-order valence-corrected chi connectivity index (χ3v) is 3.59. The van der Waals surface area contributed by atoms with E-state index in [1.54, 1.807) is 4.90 Å². The van der Waals surface area contributed by atoms with Crippen LogP contribution in [0.5, 0.6) is 0 Å². The predicted octanol–water partition coefficient (Wildman–Crippen LogP) is 2.50. The molecule has 0 unspecified atom stereocenters. The van der Waals surface area contributed by atoms with Crippen LogP contribution in [0.15, 0.2) is 16.5 Å². The number of anilines is 1. The molecule has 0 radical (unpaired) electrons. The highest BCUT2D eigenvalue weighted by Crippen LogP contribution is 2.30. The van der Waals surface area contributed by atoms with Gasteiger partial charge in [-0.25, -0.2) is 4.79 Å². The molecule has 1 aliphatic rings. The van der Waals surface area contributed by atoms with Crippen molar-refractivity contribution < 1.29 is 14.3 Å². The second-order valence-corrected chi connectivity index (χ2v) is 5.12. The number of oxazole rings is 1. The maximum Gasteiger partial charge on any atom is 0.326 e. The highest BCUT2D eigenvalue weighted by molar-refractivity contribution is 5.81. The van der Waals surface area contributed by atoms with Crippen molar-refractivity contribution >= 4 is 23.1 Å². The number of nitrogens with zero attached hydrogens (tertiary/aromatic N) is 2. The number of carboxylic acid groups (broad SMARTS) is 1. The van der Waals surface area contributed by atoms with E-state index in [0.717, 1.165) is 28.6 Å². The van der Waals surface area contributed by atoms with Gasteiger partial charge in [0.05, 0.1) is 0 Å².